The average molecular weight is 313 g/mol. The highest BCUT2D eigenvalue weighted by atomic mass is 16.5. The van der Waals surface area contributed by atoms with Gasteiger partial charge in [-0.1, -0.05) is 56.3 Å². The first-order chi connectivity index (χ1) is 11.1. The lowest BCUT2D eigenvalue weighted by atomic mass is 10.0. The summed E-state index contributed by atoms with van der Waals surface area (Å²) in [5, 5.41) is 12.8. The highest BCUT2D eigenvalue weighted by molar-refractivity contribution is 5.33. The summed E-state index contributed by atoms with van der Waals surface area (Å²) in [6.07, 6.45) is 0. The standard InChI is InChI=1S/C20H27NO2/c1-15(2)14-23-20-10-5-4-8-19(20)12-21-16(3)18-9-6-7-17(11-18)13-22/h4-11,15-16,21-22H,12-14H2,1-3H3. The van der Waals surface area contributed by atoms with Crippen LogP contribution in [0.1, 0.15) is 43.5 Å². The van der Waals surface area contributed by atoms with Gasteiger partial charge in [0.1, 0.15) is 5.75 Å². The second-order valence-corrected chi connectivity index (χ2v) is 6.32. The fraction of sp³-hybridized carbons (Fsp3) is 0.400. The van der Waals surface area contributed by atoms with Crippen LogP contribution in [0.15, 0.2) is 48.5 Å². The summed E-state index contributed by atoms with van der Waals surface area (Å²) in [7, 11) is 0. The maximum Gasteiger partial charge on any atom is 0.123 e. The van der Waals surface area contributed by atoms with Crippen molar-refractivity contribution in [2.45, 2.75) is 40.0 Å². The minimum Gasteiger partial charge on any atom is -0.493 e. The van der Waals surface area contributed by atoms with E-state index < -0.39 is 0 Å². The lowest BCUT2D eigenvalue weighted by molar-refractivity contribution is 0.267. The predicted molar refractivity (Wildman–Crippen MR) is 94.4 cm³/mol. The highest BCUT2D eigenvalue weighted by Gasteiger charge is 2.08. The zero-order chi connectivity index (χ0) is 16.7. The molecule has 3 heteroatoms. The van der Waals surface area contributed by atoms with Crippen LogP contribution < -0.4 is 10.1 Å². The van der Waals surface area contributed by atoms with Gasteiger partial charge in [-0.25, -0.2) is 0 Å². The minimum atomic E-state index is 0.0758. The molecule has 0 bridgehead atoms. The smallest absolute Gasteiger partial charge is 0.123 e. The Balaban J connectivity index is 1.99. The molecule has 2 N–H and O–H groups in total. The van der Waals surface area contributed by atoms with Crippen molar-refractivity contribution >= 4 is 0 Å². The summed E-state index contributed by atoms with van der Waals surface area (Å²) in [4.78, 5) is 0. The van der Waals surface area contributed by atoms with E-state index in [1.807, 2.05) is 36.4 Å². The zero-order valence-electron chi connectivity index (χ0n) is 14.3. The van der Waals surface area contributed by atoms with Crippen molar-refractivity contribution in [3.05, 3.63) is 65.2 Å². The molecule has 0 radical (unpaired) electrons. The van der Waals surface area contributed by atoms with E-state index in [9.17, 15) is 5.11 Å². The molecule has 0 heterocycles. The number of para-hydroxylation sites is 1. The van der Waals surface area contributed by atoms with E-state index in [1.54, 1.807) is 0 Å². The van der Waals surface area contributed by atoms with Crippen LogP contribution in [-0.4, -0.2) is 11.7 Å². The molecular formula is C20H27NO2. The number of nitrogens with one attached hydrogen (secondary N) is 1. The monoisotopic (exact) mass is 313 g/mol. The first-order valence-corrected chi connectivity index (χ1v) is 8.24. The van der Waals surface area contributed by atoms with Crippen molar-refractivity contribution in [2.24, 2.45) is 5.92 Å². The van der Waals surface area contributed by atoms with Gasteiger partial charge in [0.2, 0.25) is 0 Å². The van der Waals surface area contributed by atoms with Crippen LogP contribution in [-0.2, 0) is 13.2 Å². The van der Waals surface area contributed by atoms with Crippen LogP contribution in [0.3, 0.4) is 0 Å². The molecule has 0 aliphatic rings. The molecule has 23 heavy (non-hydrogen) atoms. The minimum absolute atomic E-state index is 0.0758. The van der Waals surface area contributed by atoms with Gasteiger partial charge in [-0.2, -0.15) is 0 Å². The molecule has 2 aromatic rings. The third kappa shape index (κ3) is 5.38. The zero-order valence-corrected chi connectivity index (χ0v) is 14.3. The van der Waals surface area contributed by atoms with Crippen LogP contribution in [0, 0.1) is 5.92 Å². The fourth-order valence-corrected chi connectivity index (χ4v) is 2.39. The third-order valence-electron chi connectivity index (χ3n) is 3.78. The second kappa shape index (κ2) is 8.70. The Morgan fingerprint density at radius 1 is 1.04 bits per heavy atom. The van der Waals surface area contributed by atoms with Crippen LogP contribution in [0.2, 0.25) is 0 Å². The third-order valence-corrected chi connectivity index (χ3v) is 3.78. The molecule has 0 amide bonds. The number of hydrogen-bond acceptors (Lipinski definition) is 3. The Hall–Kier alpha value is -1.84. The number of benzene rings is 2. The maximum absolute atomic E-state index is 9.25. The van der Waals surface area contributed by atoms with Crippen LogP contribution in [0.5, 0.6) is 5.75 Å². The van der Waals surface area contributed by atoms with Gasteiger partial charge in [-0.05, 0) is 30.0 Å². The molecule has 124 valence electrons. The van der Waals surface area contributed by atoms with Gasteiger partial charge in [0.25, 0.3) is 0 Å². The molecule has 2 rings (SSSR count). The summed E-state index contributed by atoms with van der Waals surface area (Å²) in [6, 6.07) is 16.4. The van der Waals surface area contributed by atoms with E-state index in [2.05, 4.69) is 38.2 Å². The van der Waals surface area contributed by atoms with Crippen molar-refractivity contribution in [2.75, 3.05) is 6.61 Å². The topological polar surface area (TPSA) is 41.5 Å². The van der Waals surface area contributed by atoms with Gasteiger partial charge in [0.05, 0.1) is 13.2 Å². The van der Waals surface area contributed by atoms with E-state index in [0.717, 1.165) is 24.5 Å². The quantitative estimate of drug-likeness (QED) is 0.772. The molecule has 0 aliphatic carbocycles. The number of aliphatic hydroxyl groups is 1. The van der Waals surface area contributed by atoms with Gasteiger partial charge >= 0.3 is 0 Å². The lowest BCUT2D eigenvalue weighted by Gasteiger charge is -2.17. The first kappa shape index (κ1) is 17.5. The van der Waals surface area contributed by atoms with Crippen LogP contribution in [0.4, 0.5) is 0 Å². The predicted octanol–water partition coefficient (Wildman–Crippen LogP) is 4.06. The summed E-state index contributed by atoms with van der Waals surface area (Å²) in [6.45, 7) is 7.98. The Labute approximate surface area is 139 Å². The number of rotatable bonds is 8. The van der Waals surface area contributed by atoms with Crippen molar-refractivity contribution in [3.8, 4) is 5.75 Å². The Morgan fingerprint density at radius 2 is 1.83 bits per heavy atom. The van der Waals surface area contributed by atoms with Crippen molar-refractivity contribution in [3.63, 3.8) is 0 Å². The maximum atomic E-state index is 9.25. The van der Waals surface area contributed by atoms with E-state index in [-0.39, 0.29) is 12.6 Å². The Bertz CT molecular complexity index is 610. The number of aliphatic hydroxyl groups excluding tert-OH is 1. The second-order valence-electron chi connectivity index (χ2n) is 6.32. The van der Waals surface area contributed by atoms with E-state index in [0.29, 0.717) is 5.92 Å². The molecule has 0 spiro atoms. The molecular weight excluding hydrogens is 286 g/mol. The van der Waals surface area contributed by atoms with Crippen molar-refractivity contribution in [1.82, 2.24) is 5.32 Å². The van der Waals surface area contributed by atoms with Crippen molar-refractivity contribution < 1.29 is 9.84 Å². The molecule has 0 fully saturated rings. The summed E-state index contributed by atoms with van der Waals surface area (Å²) >= 11 is 0. The molecule has 1 atom stereocenters. The summed E-state index contributed by atoms with van der Waals surface area (Å²) < 4.78 is 5.90. The van der Waals surface area contributed by atoms with Gasteiger partial charge in [-0.3, -0.25) is 0 Å². The summed E-state index contributed by atoms with van der Waals surface area (Å²) in [5.74, 6) is 1.46. The summed E-state index contributed by atoms with van der Waals surface area (Å²) in [5.41, 5.74) is 3.28. The van der Waals surface area contributed by atoms with Crippen LogP contribution >= 0.6 is 0 Å². The Morgan fingerprint density at radius 3 is 2.57 bits per heavy atom. The molecule has 2 aromatic carbocycles. The molecule has 0 aliphatic heterocycles. The largest absolute Gasteiger partial charge is 0.493 e. The van der Waals surface area contributed by atoms with E-state index in [1.165, 1.54) is 11.1 Å². The van der Waals surface area contributed by atoms with Gasteiger partial charge in [-0.15, -0.1) is 0 Å². The van der Waals surface area contributed by atoms with E-state index in [4.69, 9.17) is 4.74 Å². The molecule has 0 aromatic heterocycles. The van der Waals surface area contributed by atoms with Gasteiger partial charge in [0, 0.05) is 18.2 Å². The van der Waals surface area contributed by atoms with Crippen molar-refractivity contribution in [1.29, 1.82) is 0 Å². The van der Waals surface area contributed by atoms with Gasteiger partial charge in [0.15, 0.2) is 0 Å². The lowest BCUT2D eigenvalue weighted by Crippen LogP contribution is -2.19. The molecule has 0 saturated carbocycles. The Kier molecular flexibility index (Phi) is 6.63. The molecule has 0 saturated heterocycles. The van der Waals surface area contributed by atoms with Crippen LogP contribution in [0.25, 0.3) is 0 Å². The SMILES string of the molecule is CC(C)COc1ccccc1CNC(C)c1cccc(CO)c1. The van der Waals surface area contributed by atoms with E-state index >= 15 is 0 Å². The fourth-order valence-electron chi connectivity index (χ4n) is 2.39. The molecule has 3 nitrogen and oxygen atoms in total. The highest BCUT2D eigenvalue weighted by Crippen LogP contribution is 2.21. The average Bonchev–Trinajstić information content (AvgIpc) is 2.58. The number of hydrogen-bond donors (Lipinski definition) is 2. The first-order valence-electron chi connectivity index (χ1n) is 8.24. The van der Waals surface area contributed by atoms with Gasteiger partial charge < -0.3 is 15.2 Å². The normalized spacial score (nSPS) is 12.4. The number of ether oxygens (including phenoxy) is 1. The molecule has 1 unspecified atom stereocenters.